The van der Waals surface area contributed by atoms with Crippen LogP contribution >= 0.6 is 15.9 Å². The molecule has 1 heterocycles. The summed E-state index contributed by atoms with van der Waals surface area (Å²) in [7, 11) is 0. The lowest BCUT2D eigenvalue weighted by atomic mass is 10.1. The quantitative estimate of drug-likeness (QED) is 0.798. The van der Waals surface area contributed by atoms with Crippen LogP contribution in [0.15, 0.2) is 35.3 Å². The van der Waals surface area contributed by atoms with E-state index in [1.54, 1.807) is 17.9 Å². The van der Waals surface area contributed by atoms with Crippen LogP contribution in [0.5, 0.6) is 0 Å². The number of carbonyl (C=O) groups is 1. The van der Waals surface area contributed by atoms with Gasteiger partial charge in [-0.2, -0.15) is 5.10 Å². The van der Waals surface area contributed by atoms with Crippen LogP contribution in [0.1, 0.15) is 27.2 Å². The Hall–Kier alpha value is -1.73. The Balaban J connectivity index is 2.07. The third-order valence-electron chi connectivity index (χ3n) is 3.31. The monoisotopic (exact) mass is 380 g/mol. The molecule has 124 valence electrons. The standard InChI is InChI=1S/C16H21BrN4O2/c1-11(2)6-7-23-12(3)16(22)20-14-8-13(17)4-5-15(14)21-10-18-9-19-21/h4-5,8-12H,6-7H2,1-3H3,(H,20,22). The number of hydrogen-bond acceptors (Lipinski definition) is 4. The molecule has 1 amide bonds. The Kier molecular flexibility index (Phi) is 6.29. The topological polar surface area (TPSA) is 69.0 Å². The largest absolute Gasteiger partial charge is 0.369 e. The van der Waals surface area contributed by atoms with E-state index in [-0.39, 0.29) is 5.91 Å². The van der Waals surface area contributed by atoms with Gasteiger partial charge in [0.2, 0.25) is 0 Å². The fraction of sp³-hybridized carbons (Fsp3) is 0.438. The Morgan fingerprint density at radius 1 is 1.39 bits per heavy atom. The zero-order valence-electron chi connectivity index (χ0n) is 13.5. The fourth-order valence-corrected chi connectivity index (χ4v) is 2.29. The zero-order valence-corrected chi connectivity index (χ0v) is 15.1. The lowest BCUT2D eigenvalue weighted by Crippen LogP contribution is -2.28. The summed E-state index contributed by atoms with van der Waals surface area (Å²) in [6, 6.07) is 5.57. The van der Waals surface area contributed by atoms with E-state index in [1.165, 1.54) is 6.33 Å². The highest BCUT2D eigenvalue weighted by atomic mass is 79.9. The first-order chi connectivity index (χ1) is 11.0. The third kappa shape index (κ3) is 5.14. The van der Waals surface area contributed by atoms with Crippen molar-refractivity contribution in [3.63, 3.8) is 0 Å². The van der Waals surface area contributed by atoms with Crippen molar-refractivity contribution in [2.45, 2.75) is 33.3 Å². The molecule has 0 saturated carbocycles. The van der Waals surface area contributed by atoms with Crippen molar-refractivity contribution in [1.82, 2.24) is 14.8 Å². The summed E-state index contributed by atoms with van der Waals surface area (Å²) < 4.78 is 8.06. The third-order valence-corrected chi connectivity index (χ3v) is 3.81. The van der Waals surface area contributed by atoms with E-state index in [0.29, 0.717) is 18.2 Å². The van der Waals surface area contributed by atoms with Gasteiger partial charge in [-0.15, -0.1) is 0 Å². The average molecular weight is 381 g/mol. The minimum absolute atomic E-state index is 0.187. The van der Waals surface area contributed by atoms with Crippen molar-refractivity contribution in [2.24, 2.45) is 5.92 Å². The second-order valence-electron chi connectivity index (χ2n) is 5.69. The van der Waals surface area contributed by atoms with Gasteiger partial charge < -0.3 is 10.1 Å². The molecule has 0 bridgehead atoms. The molecule has 2 rings (SSSR count). The van der Waals surface area contributed by atoms with Gasteiger partial charge in [0.25, 0.3) is 5.91 Å². The summed E-state index contributed by atoms with van der Waals surface area (Å²) in [6.07, 6.45) is 3.45. The van der Waals surface area contributed by atoms with E-state index in [4.69, 9.17) is 4.74 Å². The van der Waals surface area contributed by atoms with Crippen LogP contribution in [0, 0.1) is 5.92 Å². The first kappa shape index (κ1) is 17.6. The van der Waals surface area contributed by atoms with Crippen LogP contribution in [-0.2, 0) is 9.53 Å². The number of nitrogens with zero attached hydrogens (tertiary/aromatic N) is 3. The number of carbonyl (C=O) groups excluding carboxylic acids is 1. The molecule has 0 saturated heterocycles. The molecule has 23 heavy (non-hydrogen) atoms. The summed E-state index contributed by atoms with van der Waals surface area (Å²) in [5.74, 6) is 0.363. The number of aromatic nitrogens is 3. The predicted molar refractivity (Wildman–Crippen MR) is 92.6 cm³/mol. The van der Waals surface area contributed by atoms with E-state index in [2.05, 4.69) is 45.2 Å². The number of halogens is 1. The lowest BCUT2D eigenvalue weighted by Gasteiger charge is -2.16. The van der Waals surface area contributed by atoms with Crippen LogP contribution in [-0.4, -0.2) is 33.4 Å². The molecular formula is C16H21BrN4O2. The minimum Gasteiger partial charge on any atom is -0.369 e. The molecule has 1 atom stereocenters. The summed E-state index contributed by atoms with van der Waals surface area (Å²) in [4.78, 5) is 16.3. The maximum Gasteiger partial charge on any atom is 0.253 e. The Morgan fingerprint density at radius 2 is 2.17 bits per heavy atom. The molecule has 1 aromatic carbocycles. The smallest absolute Gasteiger partial charge is 0.253 e. The fourth-order valence-electron chi connectivity index (χ4n) is 1.93. The zero-order chi connectivity index (χ0) is 16.8. The maximum atomic E-state index is 12.3. The number of hydrogen-bond donors (Lipinski definition) is 1. The molecule has 0 fully saturated rings. The summed E-state index contributed by atoms with van der Waals surface area (Å²) in [5, 5.41) is 7.00. The van der Waals surface area contributed by atoms with E-state index < -0.39 is 6.10 Å². The van der Waals surface area contributed by atoms with Crippen LogP contribution in [0.3, 0.4) is 0 Å². The number of nitrogens with one attached hydrogen (secondary N) is 1. The van der Waals surface area contributed by atoms with Crippen molar-refractivity contribution in [1.29, 1.82) is 0 Å². The van der Waals surface area contributed by atoms with Crippen molar-refractivity contribution < 1.29 is 9.53 Å². The van der Waals surface area contributed by atoms with Crippen molar-refractivity contribution >= 4 is 27.5 Å². The van der Waals surface area contributed by atoms with Crippen molar-refractivity contribution in [2.75, 3.05) is 11.9 Å². The molecule has 2 aromatic rings. The lowest BCUT2D eigenvalue weighted by molar-refractivity contribution is -0.126. The van der Waals surface area contributed by atoms with Crippen molar-refractivity contribution in [3.05, 3.63) is 35.3 Å². The predicted octanol–water partition coefficient (Wildman–Crippen LogP) is 3.42. The molecule has 6 nitrogen and oxygen atoms in total. The highest BCUT2D eigenvalue weighted by molar-refractivity contribution is 9.10. The first-order valence-electron chi connectivity index (χ1n) is 7.54. The number of amides is 1. The maximum absolute atomic E-state index is 12.3. The Labute approximate surface area is 144 Å². The molecule has 0 spiro atoms. The van der Waals surface area contributed by atoms with Crippen LogP contribution < -0.4 is 5.32 Å². The van der Waals surface area contributed by atoms with Gasteiger partial charge in [-0.1, -0.05) is 29.8 Å². The Morgan fingerprint density at radius 3 is 2.83 bits per heavy atom. The van der Waals surface area contributed by atoms with Gasteiger partial charge in [-0.05, 0) is 37.5 Å². The van der Waals surface area contributed by atoms with Crippen LogP contribution in [0.4, 0.5) is 5.69 Å². The van der Waals surface area contributed by atoms with Gasteiger partial charge in [-0.3, -0.25) is 4.79 Å². The minimum atomic E-state index is -0.517. The second-order valence-corrected chi connectivity index (χ2v) is 6.60. The molecular weight excluding hydrogens is 360 g/mol. The summed E-state index contributed by atoms with van der Waals surface area (Å²) >= 11 is 3.42. The molecule has 0 radical (unpaired) electrons. The van der Waals surface area contributed by atoms with Gasteiger partial charge in [0.15, 0.2) is 0 Å². The summed E-state index contributed by atoms with van der Waals surface area (Å²) in [5.41, 5.74) is 1.39. The van der Waals surface area contributed by atoms with Gasteiger partial charge in [-0.25, -0.2) is 9.67 Å². The molecule has 1 aromatic heterocycles. The number of ether oxygens (including phenoxy) is 1. The van der Waals surface area contributed by atoms with Gasteiger partial charge >= 0.3 is 0 Å². The van der Waals surface area contributed by atoms with E-state index in [0.717, 1.165) is 16.6 Å². The molecule has 7 heteroatoms. The van der Waals surface area contributed by atoms with Crippen LogP contribution in [0.2, 0.25) is 0 Å². The number of benzene rings is 1. The van der Waals surface area contributed by atoms with Gasteiger partial charge in [0, 0.05) is 11.1 Å². The van der Waals surface area contributed by atoms with E-state index in [9.17, 15) is 4.79 Å². The van der Waals surface area contributed by atoms with Crippen molar-refractivity contribution in [3.8, 4) is 5.69 Å². The average Bonchev–Trinajstić information content (AvgIpc) is 3.00. The second kappa shape index (κ2) is 8.21. The highest BCUT2D eigenvalue weighted by Crippen LogP contribution is 2.24. The molecule has 1 unspecified atom stereocenters. The van der Waals surface area contributed by atoms with Gasteiger partial charge in [0.05, 0.1) is 11.4 Å². The first-order valence-corrected chi connectivity index (χ1v) is 8.33. The Bertz CT molecular complexity index is 644. The molecule has 0 aliphatic carbocycles. The normalized spacial score (nSPS) is 12.4. The van der Waals surface area contributed by atoms with Crippen LogP contribution in [0.25, 0.3) is 5.69 Å². The van der Waals surface area contributed by atoms with E-state index >= 15 is 0 Å². The van der Waals surface area contributed by atoms with Gasteiger partial charge in [0.1, 0.15) is 18.8 Å². The van der Waals surface area contributed by atoms with E-state index in [1.807, 2.05) is 18.2 Å². The number of rotatable bonds is 7. The molecule has 0 aliphatic rings. The SMILES string of the molecule is CC(C)CCOC(C)C(=O)Nc1cc(Br)ccc1-n1cncn1. The summed E-state index contributed by atoms with van der Waals surface area (Å²) in [6.45, 7) is 6.57. The number of anilines is 1. The molecule has 0 aliphatic heterocycles. The highest BCUT2D eigenvalue weighted by Gasteiger charge is 2.16. The molecule has 1 N–H and O–H groups in total.